The Morgan fingerprint density at radius 1 is 1.47 bits per heavy atom. The monoisotopic (exact) mass is 242 g/mol. The van der Waals surface area contributed by atoms with E-state index >= 15 is 0 Å². The summed E-state index contributed by atoms with van der Waals surface area (Å²) in [4.78, 5) is 14.4. The largest absolute Gasteiger partial charge is 0.383 e. The Bertz CT molecular complexity index is 244. The first kappa shape index (κ1) is 14.5. The molecule has 4 heteroatoms. The highest BCUT2D eigenvalue weighted by Gasteiger charge is 2.32. The summed E-state index contributed by atoms with van der Waals surface area (Å²) >= 11 is 0. The van der Waals surface area contributed by atoms with E-state index in [1.807, 2.05) is 4.90 Å². The predicted octanol–water partition coefficient (Wildman–Crippen LogP) is 0.973. The van der Waals surface area contributed by atoms with Gasteiger partial charge in [-0.15, -0.1) is 0 Å². The summed E-state index contributed by atoms with van der Waals surface area (Å²) in [6.45, 7) is 10.4. The number of ether oxygens (including phenoxy) is 1. The van der Waals surface area contributed by atoms with Crippen molar-refractivity contribution in [1.82, 2.24) is 10.2 Å². The number of nitrogens with zero attached hydrogens (tertiary/aromatic N) is 1. The third-order valence-corrected chi connectivity index (χ3v) is 3.30. The molecule has 1 fully saturated rings. The molecule has 0 bridgehead atoms. The van der Waals surface area contributed by atoms with Crippen molar-refractivity contribution in [3.05, 3.63) is 0 Å². The lowest BCUT2D eigenvalue weighted by Gasteiger charge is -2.28. The predicted molar refractivity (Wildman–Crippen MR) is 68.8 cm³/mol. The fraction of sp³-hybridized carbons (Fsp3) is 0.923. The minimum absolute atomic E-state index is 0.144. The second kappa shape index (κ2) is 6.97. The van der Waals surface area contributed by atoms with E-state index in [0.717, 1.165) is 19.6 Å². The fourth-order valence-corrected chi connectivity index (χ4v) is 2.31. The van der Waals surface area contributed by atoms with Gasteiger partial charge in [0, 0.05) is 26.7 Å². The van der Waals surface area contributed by atoms with Crippen LogP contribution in [0.15, 0.2) is 0 Å². The molecule has 1 aliphatic rings. The Balaban J connectivity index is 2.57. The number of rotatable bonds is 6. The van der Waals surface area contributed by atoms with E-state index in [-0.39, 0.29) is 11.8 Å². The molecule has 100 valence electrons. The molecule has 0 aromatic rings. The lowest BCUT2D eigenvalue weighted by atomic mass is 9.96. The van der Waals surface area contributed by atoms with E-state index in [1.165, 1.54) is 0 Å². The van der Waals surface area contributed by atoms with Crippen molar-refractivity contribution in [3.8, 4) is 0 Å². The summed E-state index contributed by atoms with van der Waals surface area (Å²) in [5.74, 6) is 1.37. The fourth-order valence-electron chi connectivity index (χ4n) is 2.31. The van der Waals surface area contributed by atoms with Gasteiger partial charge in [0.15, 0.2) is 0 Å². The van der Waals surface area contributed by atoms with Gasteiger partial charge in [-0.3, -0.25) is 4.79 Å². The molecule has 4 nitrogen and oxygen atoms in total. The smallest absolute Gasteiger partial charge is 0.227 e. The number of carbonyl (C=O) groups is 1. The topological polar surface area (TPSA) is 41.6 Å². The SMILES string of the molecule is COCCN(CC(C)C)C(=O)C1CNCC1C. The van der Waals surface area contributed by atoms with Gasteiger partial charge >= 0.3 is 0 Å². The molecule has 17 heavy (non-hydrogen) atoms. The lowest BCUT2D eigenvalue weighted by Crippen LogP contribution is -2.42. The highest BCUT2D eigenvalue weighted by Crippen LogP contribution is 2.19. The molecule has 2 unspecified atom stereocenters. The molecule has 0 radical (unpaired) electrons. The third kappa shape index (κ3) is 4.28. The highest BCUT2D eigenvalue weighted by molar-refractivity contribution is 5.79. The second-order valence-corrected chi connectivity index (χ2v) is 5.41. The van der Waals surface area contributed by atoms with Crippen LogP contribution in [0.1, 0.15) is 20.8 Å². The van der Waals surface area contributed by atoms with Gasteiger partial charge < -0.3 is 15.0 Å². The molecule has 1 heterocycles. The molecular formula is C13H26N2O2. The number of nitrogens with one attached hydrogen (secondary N) is 1. The van der Waals surface area contributed by atoms with Crippen molar-refractivity contribution in [2.45, 2.75) is 20.8 Å². The molecule has 0 aliphatic carbocycles. The zero-order valence-electron chi connectivity index (χ0n) is 11.5. The molecule has 1 rings (SSSR count). The van der Waals surface area contributed by atoms with Crippen molar-refractivity contribution in [2.75, 3.05) is 39.9 Å². The van der Waals surface area contributed by atoms with Crippen LogP contribution in [0.5, 0.6) is 0 Å². The summed E-state index contributed by atoms with van der Waals surface area (Å²) in [5.41, 5.74) is 0. The van der Waals surface area contributed by atoms with Crippen LogP contribution in [-0.4, -0.2) is 50.7 Å². The Kier molecular flexibility index (Phi) is 5.92. The van der Waals surface area contributed by atoms with Gasteiger partial charge in [-0.2, -0.15) is 0 Å². The average Bonchev–Trinajstić information content (AvgIpc) is 2.69. The first-order valence-electron chi connectivity index (χ1n) is 6.54. The summed E-state index contributed by atoms with van der Waals surface area (Å²) < 4.78 is 5.08. The number of hydrogen-bond acceptors (Lipinski definition) is 3. The summed E-state index contributed by atoms with van der Waals surface area (Å²) in [5, 5.41) is 3.29. The maximum absolute atomic E-state index is 12.4. The molecule has 0 aromatic heterocycles. The van der Waals surface area contributed by atoms with E-state index in [0.29, 0.717) is 25.0 Å². The van der Waals surface area contributed by atoms with Gasteiger partial charge in [0.25, 0.3) is 0 Å². The summed E-state index contributed by atoms with van der Waals surface area (Å²) in [6.07, 6.45) is 0. The zero-order chi connectivity index (χ0) is 12.8. The third-order valence-electron chi connectivity index (χ3n) is 3.30. The van der Waals surface area contributed by atoms with Crippen LogP contribution in [0.2, 0.25) is 0 Å². The van der Waals surface area contributed by atoms with Crippen LogP contribution < -0.4 is 5.32 Å². The van der Waals surface area contributed by atoms with Gasteiger partial charge in [-0.05, 0) is 18.4 Å². The standard InChI is InChI=1S/C13H26N2O2/c1-10(2)9-15(5-6-17-4)13(16)12-8-14-7-11(12)3/h10-12,14H,5-9H2,1-4H3. The van der Waals surface area contributed by atoms with Crippen molar-refractivity contribution >= 4 is 5.91 Å². The zero-order valence-corrected chi connectivity index (χ0v) is 11.5. The van der Waals surface area contributed by atoms with Crippen LogP contribution in [0.4, 0.5) is 0 Å². The molecule has 1 N–H and O–H groups in total. The molecule has 1 aliphatic heterocycles. The van der Waals surface area contributed by atoms with Crippen molar-refractivity contribution in [2.24, 2.45) is 17.8 Å². The first-order chi connectivity index (χ1) is 8.06. The van der Waals surface area contributed by atoms with Crippen LogP contribution in [0.25, 0.3) is 0 Å². The lowest BCUT2D eigenvalue weighted by molar-refractivity contribution is -0.137. The van der Waals surface area contributed by atoms with Gasteiger partial charge in [-0.1, -0.05) is 20.8 Å². The van der Waals surface area contributed by atoms with Crippen LogP contribution >= 0.6 is 0 Å². The molecule has 0 spiro atoms. The van der Waals surface area contributed by atoms with Gasteiger partial charge in [0.2, 0.25) is 5.91 Å². The van der Waals surface area contributed by atoms with E-state index in [4.69, 9.17) is 4.74 Å². The van der Waals surface area contributed by atoms with E-state index < -0.39 is 0 Å². The van der Waals surface area contributed by atoms with Crippen LogP contribution in [-0.2, 0) is 9.53 Å². The van der Waals surface area contributed by atoms with Crippen molar-refractivity contribution in [3.63, 3.8) is 0 Å². The molecule has 0 saturated carbocycles. The van der Waals surface area contributed by atoms with Gasteiger partial charge in [0.05, 0.1) is 12.5 Å². The Labute approximate surface area is 105 Å². The maximum Gasteiger partial charge on any atom is 0.227 e. The van der Waals surface area contributed by atoms with Gasteiger partial charge in [-0.25, -0.2) is 0 Å². The Morgan fingerprint density at radius 3 is 2.65 bits per heavy atom. The quantitative estimate of drug-likeness (QED) is 0.755. The number of carbonyl (C=O) groups excluding carboxylic acids is 1. The Hall–Kier alpha value is -0.610. The molecule has 1 saturated heterocycles. The maximum atomic E-state index is 12.4. The van der Waals surface area contributed by atoms with E-state index in [9.17, 15) is 4.79 Å². The second-order valence-electron chi connectivity index (χ2n) is 5.41. The van der Waals surface area contributed by atoms with Gasteiger partial charge in [0.1, 0.15) is 0 Å². The van der Waals surface area contributed by atoms with Crippen LogP contribution in [0.3, 0.4) is 0 Å². The average molecular weight is 242 g/mol. The van der Waals surface area contributed by atoms with Crippen molar-refractivity contribution < 1.29 is 9.53 Å². The summed E-state index contributed by atoms with van der Waals surface area (Å²) in [7, 11) is 1.68. The minimum atomic E-state index is 0.144. The van der Waals surface area contributed by atoms with Crippen LogP contribution in [0, 0.1) is 17.8 Å². The molecule has 2 atom stereocenters. The summed E-state index contributed by atoms with van der Waals surface area (Å²) in [6, 6.07) is 0. The number of methoxy groups -OCH3 is 1. The number of amides is 1. The minimum Gasteiger partial charge on any atom is -0.383 e. The molecular weight excluding hydrogens is 216 g/mol. The number of hydrogen-bond donors (Lipinski definition) is 1. The van der Waals surface area contributed by atoms with E-state index in [1.54, 1.807) is 7.11 Å². The molecule has 1 amide bonds. The normalized spacial score (nSPS) is 24.3. The van der Waals surface area contributed by atoms with Crippen molar-refractivity contribution in [1.29, 1.82) is 0 Å². The Morgan fingerprint density at radius 2 is 2.18 bits per heavy atom. The van der Waals surface area contributed by atoms with E-state index in [2.05, 4.69) is 26.1 Å². The molecule has 0 aromatic carbocycles. The first-order valence-corrected chi connectivity index (χ1v) is 6.54. The highest BCUT2D eigenvalue weighted by atomic mass is 16.5.